The molecule has 4 aromatic rings. The number of rotatable bonds is 6. The van der Waals surface area contributed by atoms with Crippen molar-refractivity contribution in [1.29, 1.82) is 0 Å². The number of aryl methyl sites for hydroxylation is 3. The molecule has 1 atom stereocenters. The summed E-state index contributed by atoms with van der Waals surface area (Å²) in [6.45, 7) is 12.1. The van der Waals surface area contributed by atoms with E-state index in [1.54, 1.807) is 25.5 Å². The number of hydrogen-bond acceptors (Lipinski definition) is 6. The molecule has 7 nitrogen and oxygen atoms in total. The van der Waals surface area contributed by atoms with Gasteiger partial charge >= 0.3 is 5.97 Å². The van der Waals surface area contributed by atoms with Gasteiger partial charge in [-0.2, -0.15) is 0 Å². The first-order chi connectivity index (χ1) is 19.1. The lowest BCUT2D eigenvalue weighted by molar-refractivity contribution is -0.139. The number of nitrogens with zero attached hydrogens (tertiary/aromatic N) is 3. The summed E-state index contributed by atoms with van der Waals surface area (Å²) in [5.41, 5.74) is 7.90. The van der Waals surface area contributed by atoms with Crippen molar-refractivity contribution in [2.24, 2.45) is 4.99 Å². The first-order valence-corrected chi connectivity index (χ1v) is 14.1. The van der Waals surface area contributed by atoms with Crippen LogP contribution in [0.5, 0.6) is 5.75 Å². The van der Waals surface area contributed by atoms with Gasteiger partial charge in [0, 0.05) is 22.6 Å². The maximum atomic E-state index is 14.1. The number of esters is 1. The summed E-state index contributed by atoms with van der Waals surface area (Å²) in [4.78, 5) is 32.5. The highest BCUT2D eigenvalue weighted by atomic mass is 32.1. The van der Waals surface area contributed by atoms with Crippen LogP contribution in [0.1, 0.15) is 53.5 Å². The van der Waals surface area contributed by atoms with E-state index in [9.17, 15) is 9.59 Å². The molecule has 1 aliphatic heterocycles. The van der Waals surface area contributed by atoms with Crippen molar-refractivity contribution in [1.82, 2.24) is 9.13 Å². The molecule has 0 saturated heterocycles. The van der Waals surface area contributed by atoms with Crippen molar-refractivity contribution in [3.05, 3.63) is 113 Å². The molecule has 0 radical (unpaired) electrons. The monoisotopic (exact) mass is 555 g/mol. The van der Waals surface area contributed by atoms with Gasteiger partial charge in [0.1, 0.15) is 11.8 Å². The Balaban J connectivity index is 1.72. The minimum Gasteiger partial charge on any atom is -0.496 e. The molecule has 0 fully saturated rings. The van der Waals surface area contributed by atoms with Gasteiger partial charge in [-0.15, -0.1) is 0 Å². The normalized spacial score (nSPS) is 15.2. The lowest BCUT2D eigenvalue weighted by Crippen LogP contribution is -2.40. The van der Waals surface area contributed by atoms with Gasteiger partial charge in [-0.05, 0) is 88.6 Å². The van der Waals surface area contributed by atoms with E-state index in [2.05, 4.69) is 56.5 Å². The van der Waals surface area contributed by atoms with Gasteiger partial charge in [0.2, 0.25) is 0 Å². The molecule has 3 heterocycles. The molecule has 5 rings (SSSR count). The highest BCUT2D eigenvalue weighted by Gasteiger charge is 2.35. The topological polar surface area (TPSA) is 74.8 Å². The van der Waals surface area contributed by atoms with E-state index in [0.29, 0.717) is 31.9 Å². The molecule has 1 aliphatic rings. The van der Waals surface area contributed by atoms with Gasteiger partial charge in [0.05, 0.1) is 29.5 Å². The Hall–Kier alpha value is -4.17. The highest BCUT2D eigenvalue weighted by molar-refractivity contribution is 7.07. The van der Waals surface area contributed by atoms with Crippen LogP contribution in [-0.4, -0.2) is 28.8 Å². The number of aromatic nitrogens is 2. The van der Waals surface area contributed by atoms with E-state index in [1.165, 1.54) is 22.5 Å². The number of hydrogen-bond donors (Lipinski definition) is 0. The Morgan fingerprint density at radius 3 is 2.42 bits per heavy atom. The Labute approximate surface area is 237 Å². The van der Waals surface area contributed by atoms with Gasteiger partial charge in [-0.25, -0.2) is 9.79 Å². The first kappa shape index (κ1) is 27.4. The third-order valence-corrected chi connectivity index (χ3v) is 8.16. The summed E-state index contributed by atoms with van der Waals surface area (Å²) in [6, 6.07) is 15.3. The van der Waals surface area contributed by atoms with Crippen molar-refractivity contribution < 1.29 is 14.3 Å². The molecule has 0 amide bonds. The smallest absolute Gasteiger partial charge is 0.338 e. The Kier molecular flexibility index (Phi) is 7.38. The molecule has 8 heteroatoms. The fourth-order valence-corrected chi connectivity index (χ4v) is 6.57. The van der Waals surface area contributed by atoms with Gasteiger partial charge in [0.25, 0.3) is 5.56 Å². The van der Waals surface area contributed by atoms with Gasteiger partial charge < -0.3 is 14.0 Å². The number of thiazole rings is 1. The number of allylic oxidation sites excluding steroid dienone is 1. The lowest BCUT2D eigenvalue weighted by atomic mass is 9.95. The molecule has 206 valence electrons. The Morgan fingerprint density at radius 2 is 1.75 bits per heavy atom. The molecule has 40 heavy (non-hydrogen) atoms. The number of fused-ring (bicyclic) bond motifs is 1. The van der Waals surface area contributed by atoms with Crippen LogP contribution < -0.4 is 19.6 Å². The van der Waals surface area contributed by atoms with Crippen molar-refractivity contribution in [2.75, 3.05) is 13.7 Å². The van der Waals surface area contributed by atoms with E-state index in [0.717, 1.165) is 22.6 Å². The molecular formula is C32H33N3O4S. The van der Waals surface area contributed by atoms with Crippen LogP contribution in [0.25, 0.3) is 11.8 Å². The SMILES string of the molecule is CCOC(=O)C1=C(C)N=c2s/c(=C/c3cc(C)n(-c4cc(C)cc(C)c4)c3C)c(=O)n2[C@@H]1c1ccccc1OC. The molecule has 0 spiro atoms. The largest absolute Gasteiger partial charge is 0.496 e. The lowest BCUT2D eigenvalue weighted by Gasteiger charge is -2.25. The third-order valence-electron chi connectivity index (χ3n) is 7.17. The van der Waals surface area contributed by atoms with Crippen molar-refractivity contribution in [3.63, 3.8) is 0 Å². The number of methoxy groups -OCH3 is 1. The Morgan fingerprint density at radius 1 is 1.05 bits per heavy atom. The number of para-hydroxylation sites is 1. The van der Waals surface area contributed by atoms with Crippen LogP contribution in [0, 0.1) is 27.7 Å². The minimum atomic E-state index is -0.726. The van der Waals surface area contributed by atoms with Crippen LogP contribution in [0.2, 0.25) is 0 Å². The zero-order chi connectivity index (χ0) is 28.7. The molecule has 0 aliphatic carbocycles. The summed E-state index contributed by atoms with van der Waals surface area (Å²) < 4.78 is 15.4. The Bertz CT molecular complexity index is 1840. The number of carbonyl (C=O) groups is 1. The minimum absolute atomic E-state index is 0.217. The maximum Gasteiger partial charge on any atom is 0.338 e. The van der Waals surface area contributed by atoms with Crippen LogP contribution in [0.3, 0.4) is 0 Å². The predicted molar refractivity (Wildman–Crippen MR) is 158 cm³/mol. The number of benzene rings is 2. The van der Waals surface area contributed by atoms with Gasteiger partial charge in [-0.3, -0.25) is 9.36 Å². The van der Waals surface area contributed by atoms with E-state index < -0.39 is 12.0 Å². The second-order valence-corrected chi connectivity index (χ2v) is 11.1. The molecule has 2 aromatic carbocycles. The summed E-state index contributed by atoms with van der Waals surface area (Å²) in [6.07, 6.45) is 1.92. The van der Waals surface area contributed by atoms with Crippen LogP contribution in [-0.2, 0) is 9.53 Å². The van der Waals surface area contributed by atoms with E-state index >= 15 is 0 Å². The summed E-state index contributed by atoms with van der Waals surface area (Å²) >= 11 is 1.32. The number of carbonyl (C=O) groups excluding carboxylic acids is 1. The zero-order valence-corrected chi connectivity index (χ0v) is 24.7. The molecule has 0 bridgehead atoms. The van der Waals surface area contributed by atoms with Crippen molar-refractivity contribution >= 4 is 23.4 Å². The molecule has 2 aromatic heterocycles. The summed E-state index contributed by atoms with van der Waals surface area (Å²) in [5.74, 6) is 0.0847. The van der Waals surface area contributed by atoms with Crippen LogP contribution in [0.15, 0.2) is 69.6 Å². The summed E-state index contributed by atoms with van der Waals surface area (Å²) in [5, 5.41) is 0. The molecule has 0 N–H and O–H groups in total. The maximum absolute atomic E-state index is 14.1. The second-order valence-electron chi connectivity index (χ2n) is 10.1. The predicted octanol–water partition coefficient (Wildman–Crippen LogP) is 4.83. The quantitative estimate of drug-likeness (QED) is 0.320. The molecular weight excluding hydrogens is 522 g/mol. The van der Waals surface area contributed by atoms with E-state index in [1.807, 2.05) is 30.3 Å². The standard InChI is InChI=1S/C32H33N3O4S/c1-8-39-31(37)28-21(5)33-32-35(29(28)25-11-9-10-12-26(25)38-7)30(36)27(40-32)17-23-16-20(4)34(22(23)6)24-14-18(2)13-19(3)15-24/h9-17,29H,8H2,1-7H3/b27-17+/t29-/m1/s1. The second kappa shape index (κ2) is 10.8. The van der Waals surface area contributed by atoms with Gasteiger partial charge in [-0.1, -0.05) is 35.6 Å². The average Bonchev–Trinajstić information content (AvgIpc) is 3.36. The van der Waals surface area contributed by atoms with E-state index in [-0.39, 0.29) is 12.2 Å². The van der Waals surface area contributed by atoms with E-state index in [4.69, 9.17) is 14.5 Å². The molecule has 0 unspecified atom stereocenters. The van der Waals surface area contributed by atoms with Crippen molar-refractivity contribution in [2.45, 2.75) is 47.6 Å². The van der Waals surface area contributed by atoms with Gasteiger partial charge in [0.15, 0.2) is 4.80 Å². The summed E-state index contributed by atoms with van der Waals surface area (Å²) in [7, 11) is 1.58. The average molecular weight is 556 g/mol. The fraction of sp³-hybridized carbons (Fsp3) is 0.281. The first-order valence-electron chi connectivity index (χ1n) is 13.2. The van der Waals surface area contributed by atoms with Crippen LogP contribution in [0.4, 0.5) is 0 Å². The highest BCUT2D eigenvalue weighted by Crippen LogP contribution is 2.35. The molecule has 0 saturated carbocycles. The van der Waals surface area contributed by atoms with Crippen molar-refractivity contribution in [3.8, 4) is 11.4 Å². The number of ether oxygens (including phenoxy) is 2. The zero-order valence-electron chi connectivity index (χ0n) is 23.9. The fourth-order valence-electron chi connectivity index (χ4n) is 5.53. The van der Waals surface area contributed by atoms with Crippen LogP contribution >= 0.6 is 11.3 Å². The third kappa shape index (κ3) is 4.73.